The molecule has 1 aromatic carbocycles. The Labute approximate surface area is 103 Å². The smallest absolute Gasteiger partial charge is 0.148 e. The van der Waals surface area contributed by atoms with Crippen molar-refractivity contribution < 1.29 is 0 Å². The lowest BCUT2D eigenvalue weighted by molar-refractivity contribution is 0.913. The second-order valence-corrected chi connectivity index (χ2v) is 5.00. The fraction of sp³-hybridized carbons (Fsp3) is 0.273. The quantitative estimate of drug-likeness (QED) is 0.915. The minimum absolute atomic E-state index is 0.600. The fourth-order valence-corrected chi connectivity index (χ4v) is 2.52. The molecule has 2 aromatic rings. The zero-order valence-corrected chi connectivity index (χ0v) is 10.5. The summed E-state index contributed by atoms with van der Waals surface area (Å²) in [5, 5.41) is 10.9. The van der Waals surface area contributed by atoms with Gasteiger partial charge in [-0.3, -0.25) is 0 Å². The molecule has 0 saturated heterocycles. The van der Waals surface area contributed by atoms with Crippen molar-refractivity contribution >= 4 is 22.9 Å². The van der Waals surface area contributed by atoms with Crippen LogP contribution in [0.4, 0.5) is 0 Å². The Morgan fingerprint density at radius 3 is 2.94 bits per heavy atom. The van der Waals surface area contributed by atoms with Gasteiger partial charge < -0.3 is 5.73 Å². The first-order valence-corrected chi connectivity index (χ1v) is 6.19. The Hall–Kier alpha value is -0.970. The van der Waals surface area contributed by atoms with E-state index in [1.165, 1.54) is 0 Å². The highest BCUT2D eigenvalue weighted by molar-refractivity contribution is 7.14. The van der Waals surface area contributed by atoms with Crippen molar-refractivity contribution in [2.75, 3.05) is 6.54 Å². The molecular formula is C11H12ClN3S. The first-order chi connectivity index (χ1) is 7.70. The van der Waals surface area contributed by atoms with Crippen molar-refractivity contribution in [3.63, 3.8) is 0 Å². The zero-order chi connectivity index (χ0) is 11.5. The Balaban J connectivity index is 2.38. The fourth-order valence-electron chi connectivity index (χ4n) is 1.41. The first-order valence-electron chi connectivity index (χ1n) is 4.99. The highest BCUT2D eigenvalue weighted by Crippen LogP contribution is 2.29. The molecule has 2 N–H and O–H groups in total. The summed E-state index contributed by atoms with van der Waals surface area (Å²) in [7, 11) is 0. The van der Waals surface area contributed by atoms with E-state index in [9.17, 15) is 0 Å². The van der Waals surface area contributed by atoms with Crippen LogP contribution in [0.5, 0.6) is 0 Å². The van der Waals surface area contributed by atoms with Gasteiger partial charge in [0, 0.05) is 17.0 Å². The van der Waals surface area contributed by atoms with Crippen LogP contribution < -0.4 is 5.73 Å². The third-order valence-electron chi connectivity index (χ3n) is 2.26. The van der Waals surface area contributed by atoms with E-state index in [2.05, 4.69) is 10.2 Å². The van der Waals surface area contributed by atoms with E-state index in [0.29, 0.717) is 6.54 Å². The SMILES string of the molecule is Cc1ccc(Cl)cc1-c1nnc(CCN)s1. The zero-order valence-electron chi connectivity index (χ0n) is 8.90. The molecule has 2 rings (SSSR count). The Kier molecular flexibility index (Phi) is 3.53. The summed E-state index contributed by atoms with van der Waals surface area (Å²) in [4.78, 5) is 0. The van der Waals surface area contributed by atoms with Crippen molar-refractivity contribution in [3.8, 4) is 10.6 Å². The highest BCUT2D eigenvalue weighted by atomic mass is 35.5. The largest absolute Gasteiger partial charge is 0.330 e. The van der Waals surface area contributed by atoms with Gasteiger partial charge in [0.25, 0.3) is 0 Å². The van der Waals surface area contributed by atoms with Crippen LogP contribution >= 0.6 is 22.9 Å². The number of aryl methyl sites for hydroxylation is 1. The summed E-state index contributed by atoms with van der Waals surface area (Å²) in [6.45, 7) is 2.64. The van der Waals surface area contributed by atoms with Gasteiger partial charge in [0.15, 0.2) is 0 Å². The summed E-state index contributed by atoms with van der Waals surface area (Å²) in [6.07, 6.45) is 0.775. The van der Waals surface area contributed by atoms with E-state index in [-0.39, 0.29) is 0 Å². The van der Waals surface area contributed by atoms with E-state index in [1.54, 1.807) is 11.3 Å². The summed E-state index contributed by atoms with van der Waals surface area (Å²) >= 11 is 7.54. The van der Waals surface area contributed by atoms with Crippen molar-refractivity contribution in [2.45, 2.75) is 13.3 Å². The topological polar surface area (TPSA) is 51.8 Å². The van der Waals surface area contributed by atoms with Crippen LogP contribution in [0, 0.1) is 6.92 Å². The van der Waals surface area contributed by atoms with Gasteiger partial charge >= 0.3 is 0 Å². The van der Waals surface area contributed by atoms with Gasteiger partial charge in [0.05, 0.1) is 0 Å². The maximum Gasteiger partial charge on any atom is 0.148 e. The molecule has 0 amide bonds. The molecule has 0 aliphatic heterocycles. The van der Waals surface area contributed by atoms with Crippen LogP contribution in [0.3, 0.4) is 0 Å². The molecular weight excluding hydrogens is 242 g/mol. The number of rotatable bonds is 3. The van der Waals surface area contributed by atoms with Crippen LogP contribution in [-0.2, 0) is 6.42 Å². The molecule has 0 saturated carbocycles. The van der Waals surface area contributed by atoms with E-state index in [4.69, 9.17) is 17.3 Å². The molecule has 0 fully saturated rings. The normalized spacial score (nSPS) is 10.7. The van der Waals surface area contributed by atoms with Crippen LogP contribution in [-0.4, -0.2) is 16.7 Å². The van der Waals surface area contributed by atoms with Crippen LogP contribution in [0.25, 0.3) is 10.6 Å². The average molecular weight is 254 g/mol. The molecule has 0 radical (unpaired) electrons. The number of nitrogens with zero attached hydrogens (tertiary/aromatic N) is 2. The average Bonchev–Trinajstić information content (AvgIpc) is 2.71. The number of benzene rings is 1. The summed E-state index contributed by atoms with van der Waals surface area (Å²) < 4.78 is 0. The lowest BCUT2D eigenvalue weighted by Gasteiger charge is -2.01. The predicted molar refractivity (Wildman–Crippen MR) is 67.9 cm³/mol. The third-order valence-corrected chi connectivity index (χ3v) is 3.51. The maximum atomic E-state index is 5.97. The molecule has 5 heteroatoms. The predicted octanol–water partition coefficient (Wildman–Crippen LogP) is 2.67. The molecule has 0 bridgehead atoms. The molecule has 0 unspecified atom stereocenters. The molecule has 1 heterocycles. The van der Waals surface area contributed by atoms with Crippen LogP contribution in [0.1, 0.15) is 10.6 Å². The second kappa shape index (κ2) is 4.91. The van der Waals surface area contributed by atoms with Crippen LogP contribution in [0.2, 0.25) is 5.02 Å². The Morgan fingerprint density at radius 2 is 2.19 bits per heavy atom. The number of halogens is 1. The molecule has 0 atom stereocenters. The molecule has 1 aromatic heterocycles. The lowest BCUT2D eigenvalue weighted by atomic mass is 10.1. The van der Waals surface area contributed by atoms with Crippen molar-refractivity contribution in [1.29, 1.82) is 0 Å². The van der Waals surface area contributed by atoms with Crippen molar-refractivity contribution in [3.05, 3.63) is 33.8 Å². The van der Waals surface area contributed by atoms with Crippen LogP contribution in [0.15, 0.2) is 18.2 Å². The van der Waals surface area contributed by atoms with E-state index >= 15 is 0 Å². The summed E-state index contributed by atoms with van der Waals surface area (Å²) in [5.41, 5.74) is 7.68. The van der Waals surface area contributed by atoms with Gasteiger partial charge in [-0.05, 0) is 31.2 Å². The van der Waals surface area contributed by atoms with Gasteiger partial charge in [0.1, 0.15) is 10.0 Å². The molecule has 0 spiro atoms. The first kappa shape index (κ1) is 11.5. The lowest BCUT2D eigenvalue weighted by Crippen LogP contribution is -2.01. The highest BCUT2D eigenvalue weighted by Gasteiger charge is 2.09. The minimum atomic E-state index is 0.600. The number of aromatic nitrogens is 2. The standard InChI is InChI=1S/C11H12ClN3S/c1-7-2-3-8(12)6-9(7)11-15-14-10(16-11)4-5-13/h2-3,6H,4-5,13H2,1H3. The molecule has 0 aliphatic carbocycles. The summed E-state index contributed by atoms with van der Waals surface area (Å²) in [6, 6.07) is 5.79. The number of hydrogen-bond acceptors (Lipinski definition) is 4. The van der Waals surface area contributed by atoms with E-state index in [0.717, 1.165) is 32.6 Å². The third kappa shape index (κ3) is 2.40. The Morgan fingerprint density at radius 1 is 1.38 bits per heavy atom. The molecule has 84 valence electrons. The van der Waals surface area contributed by atoms with E-state index in [1.807, 2.05) is 25.1 Å². The van der Waals surface area contributed by atoms with Gasteiger partial charge in [0.2, 0.25) is 0 Å². The van der Waals surface area contributed by atoms with E-state index < -0.39 is 0 Å². The number of hydrogen-bond donors (Lipinski definition) is 1. The van der Waals surface area contributed by atoms with Gasteiger partial charge in [-0.1, -0.05) is 29.0 Å². The maximum absolute atomic E-state index is 5.97. The second-order valence-electron chi connectivity index (χ2n) is 3.50. The Bertz CT molecular complexity index is 496. The summed E-state index contributed by atoms with van der Waals surface area (Å²) in [5.74, 6) is 0. The molecule has 3 nitrogen and oxygen atoms in total. The van der Waals surface area contributed by atoms with Crippen molar-refractivity contribution in [2.24, 2.45) is 5.73 Å². The monoisotopic (exact) mass is 253 g/mol. The van der Waals surface area contributed by atoms with Gasteiger partial charge in [-0.15, -0.1) is 10.2 Å². The van der Waals surface area contributed by atoms with Gasteiger partial charge in [-0.25, -0.2) is 0 Å². The minimum Gasteiger partial charge on any atom is -0.330 e. The van der Waals surface area contributed by atoms with Crippen molar-refractivity contribution in [1.82, 2.24) is 10.2 Å². The van der Waals surface area contributed by atoms with Gasteiger partial charge in [-0.2, -0.15) is 0 Å². The number of nitrogens with two attached hydrogens (primary N) is 1. The molecule has 0 aliphatic rings. The molecule has 16 heavy (non-hydrogen) atoms.